The Kier molecular flexibility index (Phi) is 5.33. The summed E-state index contributed by atoms with van der Waals surface area (Å²) in [6.45, 7) is 7.96. The molecule has 0 saturated carbocycles. The lowest BCUT2D eigenvalue weighted by molar-refractivity contribution is 0.425. The lowest BCUT2D eigenvalue weighted by Gasteiger charge is -2.12. The summed E-state index contributed by atoms with van der Waals surface area (Å²) in [6, 6.07) is 8.26. The Morgan fingerprint density at radius 1 is 1.00 bits per heavy atom. The number of anilines is 3. The molecule has 0 aliphatic carbocycles. The van der Waals surface area contributed by atoms with E-state index in [2.05, 4.69) is 57.5 Å². The largest absolute Gasteiger partial charge is 0.353 e. The van der Waals surface area contributed by atoms with E-state index in [-0.39, 0.29) is 0 Å². The van der Waals surface area contributed by atoms with Crippen molar-refractivity contribution in [1.82, 2.24) is 14.9 Å². The Hall–Kier alpha value is -2.14. The van der Waals surface area contributed by atoms with Gasteiger partial charge in [0.15, 0.2) is 0 Å². The van der Waals surface area contributed by atoms with Crippen LogP contribution in [0.3, 0.4) is 0 Å². The predicted molar refractivity (Wildman–Crippen MR) is 93.0 cm³/mol. The van der Waals surface area contributed by atoms with Crippen molar-refractivity contribution in [3.8, 4) is 0 Å². The fourth-order valence-electron chi connectivity index (χ4n) is 2.07. The lowest BCUT2D eigenvalue weighted by Crippen LogP contribution is -2.21. The minimum Gasteiger partial charge on any atom is -0.353 e. The Labute approximate surface area is 132 Å². The van der Waals surface area contributed by atoms with Crippen molar-refractivity contribution in [3.05, 3.63) is 41.1 Å². The Bertz CT molecular complexity index is 637. The molecule has 0 spiro atoms. The second-order valence-corrected chi connectivity index (χ2v) is 5.87. The first kappa shape index (κ1) is 16.2. The van der Waals surface area contributed by atoms with Gasteiger partial charge in [-0.2, -0.15) is 4.98 Å². The second kappa shape index (κ2) is 7.22. The SMILES string of the molecule is Cc1cc(Nc2ccc(C)c(C)c2)nc(NCCN(C)C)n1. The van der Waals surface area contributed by atoms with Gasteiger partial charge in [0.05, 0.1) is 0 Å². The van der Waals surface area contributed by atoms with Crippen molar-refractivity contribution in [3.63, 3.8) is 0 Å². The van der Waals surface area contributed by atoms with Gasteiger partial charge in [-0.1, -0.05) is 6.07 Å². The van der Waals surface area contributed by atoms with Crippen molar-refractivity contribution in [2.75, 3.05) is 37.8 Å². The van der Waals surface area contributed by atoms with Gasteiger partial charge in [0.25, 0.3) is 0 Å². The van der Waals surface area contributed by atoms with E-state index in [1.807, 2.05) is 27.1 Å². The summed E-state index contributed by atoms with van der Waals surface area (Å²) in [7, 11) is 4.09. The Morgan fingerprint density at radius 3 is 2.45 bits per heavy atom. The van der Waals surface area contributed by atoms with Gasteiger partial charge in [-0.15, -0.1) is 0 Å². The maximum atomic E-state index is 4.53. The normalized spacial score (nSPS) is 10.8. The summed E-state index contributed by atoms with van der Waals surface area (Å²) in [5.41, 5.74) is 4.53. The van der Waals surface area contributed by atoms with Gasteiger partial charge in [-0.3, -0.25) is 0 Å². The lowest BCUT2D eigenvalue weighted by atomic mass is 10.1. The maximum absolute atomic E-state index is 4.53. The van der Waals surface area contributed by atoms with Crippen LogP contribution in [-0.2, 0) is 0 Å². The van der Waals surface area contributed by atoms with E-state index in [9.17, 15) is 0 Å². The molecule has 0 bridgehead atoms. The number of benzene rings is 1. The monoisotopic (exact) mass is 299 g/mol. The molecule has 0 amide bonds. The molecule has 0 aliphatic rings. The highest BCUT2D eigenvalue weighted by atomic mass is 15.2. The van der Waals surface area contributed by atoms with Crippen molar-refractivity contribution >= 4 is 17.5 Å². The van der Waals surface area contributed by atoms with Crippen molar-refractivity contribution in [2.24, 2.45) is 0 Å². The molecule has 118 valence electrons. The first-order chi connectivity index (χ1) is 10.4. The molecule has 5 heteroatoms. The summed E-state index contributed by atoms with van der Waals surface area (Å²) in [4.78, 5) is 11.1. The zero-order valence-corrected chi connectivity index (χ0v) is 14.1. The van der Waals surface area contributed by atoms with Crippen LogP contribution in [0.2, 0.25) is 0 Å². The average molecular weight is 299 g/mol. The fraction of sp³-hybridized carbons (Fsp3) is 0.412. The van der Waals surface area contributed by atoms with E-state index in [4.69, 9.17) is 0 Å². The summed E-state index contributed by atoms with van der Waals surface area (Å²) in [5.74, 6) is 1.47. The Morgan fingerprint density at radius 2 is 1.77 bits per heavy atom. The van der Waals surface area contributed by atoms with Crippen LogP contribution in [0.4, 0.5) is 17.5 Å². The molecule has 0 fully saturated rings. The van der Waals surface area contributed by atoms with Crippen LogP contribution < -0.4 is 10.6 Å². The van der Waals surface area contributed by atoms with Crippen LogP contribution >= 0.6 is 0 Å². The standard InChI is InChI=1S/C17H25N5/c1-12-6-7-15(10-13(12)2)20-16-11-14(3)19-17(21-16)18-8-9-22(4)5/h6-7,10-11H,8-9H2,1-5H3,(H2,18,19,20,21). The van der Waals surface area contributed by atoms with Crippen LogP contribution in [0.1, 0.15) is 16.8 Å². The number of hydrogen-bond acceptors (Lipinski definition) is 5. The zero-order chi connectivity index (χ0) is 16.1. The van der Waals surface area contributed by atoms with Gasteiger partial charge in [0.1, 0.15) is 5.82 Å². The Balaban J connectivity index is 2.10. The van der Waals surface area contributed by atoms with Gasteiger partial charge in [0.2, 0.25) is 5.95 Å². The first-order valence-corrected chi connectivity index (χ1v) is 7.52. The molecule has 22 heavy (non-hydrogen) atoms. The number of aromatic nitrogens is 2. The minimum atomic E-state index is 0.660. The van der Waals surface area contributed by atoms with Gasteiger partial charge < -0.3 is 15.5 Å². The summed E-state index contributed by atoms with van der Waals surface area (Å²) < 4.78 is 0. The summed E-state index contributed by atoms with van der Waals surface area (Å²) in [6.07, 6.45) is 0. The van der Waals surface area contributed by atoms with Crippen molar-refractivity contribution in [2.45, 2.75) is 20.8 Å². The zero-order valence-electron chi connectivity index (χ0n) is 14.1. The molecular formula is C17H25N5. The fourth-order valence-corrected chi connectivity index (χ4v) is 2.07. The summed E-state index contributed by atoms with van der Waals surface area (Å²) >= 11 is 0. The second-order valence-electron chi connectivity index (χ2n) is 5.87. The van der Waals surface area contributed by atoms with Crippen molar-refractivity contribution in [1.29, 1.82) is 0 Å². The highest BCUT2D eigenvalue weighted by Crippen LogP contribution is 2.19. The highest BCUT2D eigenvalue weighted by Gasteiger charge is 2.04. The molecule has 0 radical (unpaired) electrons. The third-order valence-electron chi connectivity index (χ3n) is 3.48. The van der Waals surface area contributed by atoms with E-state index < -0.39 is 0 Å². The summed E-state index contributed by atoms with van der Waals surface area (Å²) in [5, 5.41) is 6.61. The average Bonchev–Trinajstić information content (AvgIpc) is 2.42. The van der Waals surface area contributed by atoms with Crippen LogP contribution in [0.5, 0.6) is 0 Å². The molecule has 2 aromatic rings. The molecule has 2 rings (SSSR count). The van der Waals surface area contributed by atoms with E-state index in [1.54, 1.807) is 0 Å². The van der Waals surface area contributed by atoms with Crippen LogP contribution in [0.25, 0.3) is 0 Å². The quantitative estimate of drug-likeness (QED) is 0.858. The third kappa shape index (κ3) is 4.70. The molecular weight excluding hydrogens is 274 g/mol. The number of aryl methyl sites for hydroxylation is 3. The number of nitrogens with one attached hydrogen (secondary N) is 2. The van der Waals surface area contributed by atoms with E-state index in [0.717, 1.165) is 30.3 Å². The third-order valence-corrected chi connectivity index (χ3v) is 3.48. The number of nitrogens with zero attached hydrogens (tertiary/aromatic N) is 3. The van der Waals surface area contributed by atoms with Crippen LogP contribution in [0.15, 0.2) is 24.3 Å². The highest BCUT2D eigenvalue weighted by molar-refractivity contribution is 5.59. The van der Waals surface area contributed by atoms with Gasteiger partial charge in [-0.05, 0) is 58.1 Å². The van der Waals surface area contributed by atoms with Crippen LogP contribution in [-0.4, -0.2) is 42.1 Å². The molecule has 1 aromatic heterocycles. The molecule has 1 heterocycles. The topological polar surface area (TPSA) is 53.1 Å². The van der Waals surface area contributed by atoms with Gasteiger partial charge in [0, 0.05) is 30.5 Å². The molecule has 0 atom stereocenters. The minimum absolute atomic E-state index is 0.660. The molecule has 5 nitrogen and oxygen atoms in total. The van der Waals surface area contributed by atoms with E-state index in [1.165, 1.54) is 11.1 Å². The maximum Gasteiger partial charge on any atom is 0.224 e. The van der Waals surface area contributed by atoms with E-state index in [0.29, 0.717) is 5.95 Å². The number of hydrogen-bond donors (Lipinski definition) is 2. The smallest absolute Gasteiger partial charge is 0.224 e. The molecule has 2 N–H and O–H groups in total. The molecule has 0 saturated heterocycles. The number of likely N-dealkylation sites (N-methyl/N-ethyl adjacent to an activating group) is 1. The van der Waals surface area contributed by atoms with Crippen molar-refractivity contribution < 1.29 is 0 Å². The first-order valence-electron chi connectivity index (χ1n) is 7.52. The van der Waals surface area contributed by atoms with Gasteiger partial charge >= 0.3 is 0 Å². The van der Waals surface area contributed by atoms with Crippen LogP contribution in [0, 0.1) is 20.8 Å². The molecule has 0 unspecified atom stereocenters. The van der Waals surface area contributed by atoms with E-state index >= 15 is 0 Å². The predicted octanol–water partition coefficient (Wildman–Crippen LogP) is 3.12. The molecule has 1 aromatic carbocycles. The number of rotatable bonds is 6. The molecule has 0 aliphatic heterocycles. The van der Waals surface area contributed by atoms with Gasteiger partial charge in [-0.25, -0.2) is 4.98 Å².